The standard InChI is InChI=1S/C24H31NO/c1-19-9-11-21(12-10-19)23(22-14-16-26-24(2,3)17-22)13-15-25-18-20-7-5-4-6-8-20/h4-12,18,22-23H,13-17H2,1-3H3/t22-,23-/m1/s1. The number of benzene rings is 2. The lowest BCUT2D eigenvalue weighted by molar-refractivity contribution is -0.0771. The maximum absolute atomic E-state index is 5.95. The van der Waals surface area contributed by atoms with Gasteiger partial charge in [0.15, 0.2) is 0 Å². The molecule has 1 aliphatic rings. The van der Waals surface area contributed by atoms with Gasteiger partial charge in [-0.15, -0.1) is 0 Å². The molecule has 0 N–H and O–H groups in total. The fourth-order valence-electron chi connectivity index (χ4n) is 4.03. The van der Waals surface area contributed by atoms with Gasteiger partial charge in [-0.25, -0.2) is 0 Å². The quantitative estimate of drug-likeness (QED) is 0.605. The van der Waals surface area contributed by atoms with Crippen LogP contribution in [0.5, 0.6) is 0 Å². The van der Waals surface area contributed by atoms with E-state index in [4.69, 9.17) is 9.73 Å². The van der Waals surface area contributed by atoms with Crippen molar-refractivity contribution in [3.05, 3.63) is 71.3 Å². The Morgan fingerprint density at radius 3 is 2.54 bits per heavy atom. The molecule has 0 amide bonds. The van der Waals surface area contributed by atoms with Crippen LogP contribution in [0.4, 0.5) is 0 Å². The average molecular weight is 350 g/mol. The number of hydrogen-bond acceptors (Lipinski definition) is 2. The molecule has 2 atom stereocenters. The number of aryl methyl sites for hydroxylation is 1. The van der Waals surface area contributed by atoms with E-state index in [9.17, 15) is 0 Å². The molecule has 0 unspecified atom stereocenters. The van der Waals surface area contributed by atoms with Gasteiger partial charge in [0.2, 0.25) is 0 Å². The molecule has 1 heterocycles. The molecule has 0 aliphatic carbocycles. The number of aliphatic imine (C=N–C) groups is 1. The molecule has 138 valence electrons. The molecular weight excluding hydrogens is 318 g/mol. The van der Waals surface area contributed by atoms with E-state index in [1.54, 1.807) is 0 Å². The summed E-state index contributed by atoms with van der Waals surface area (Å²) in [5.74, 6) is 1.21. The van der Waals surface area contributed by atoms with E-state index in [0.29, 0.717) is 11.8 Å². The normalized spacial score (nSPS) is 21.0. The maximum atomic E-state index is 5.95. The predicted octanol–water partition coefficient (Wildman–Crippen LogP) is 5.79. The molecule has 0 radical (unpaired) electrons. The van der Waals surface area contributed by atoms with Crippen LogP contribution in [0.1, 0.15) is 55.7 Å². The first-order valence-corrected chi connectivity index (χ1v) is 9.79. The molecule has 1 saturated heterocycles. The maximum Gasteiger partial charge on any atom is 0.0629 e. The number of ether oxygens (including phenoxy) is 1. The van der Waals surface area contributed by atoms with Crippen LogP contribution in [0.3, 0.4) is 0 Å². The van der Waals surface area contributed by atoms with Crippen molar-refractivity contribution in [2.75, 3.05) is 13.2 Å². The summed E-state index contributed by atoms with van der Waals surface area (Å²) in [5, 5.41) is 0. The zero-order valence-electron chi connectivity index (χ0n) is 16.3. The van der Waals surface area contributed by atoms with Gasteiger partial charge in [0.25, 0.3) is 0 Å². The Labute approximate surface area is 158 Å². The van der Waals surface area contributed by atoms with Crippen LogP contribution in [-0.2, 0) is 4.74 Å². The highest BCUT2D eigenvalue weighted by Gasteiger charge is 2.33. The molecular formula is C24H31NO. The molecule has 1 fully saturated rings. The summed E-state index contributed by atoms with van der Waals surface area (Å²) in [6.45, 7) is 8.33. The van der Waals surface area contributed by atoms with Crippen LogP contribution in [0.2, 0.25) is 0 Å². The van der Waals surface area contributed by atoms with Gasteiger partial charge in [0, 0.05) is 19.4 Å². The van der Waals surface area contributed by atoms with Crippen LogP contribution < -0.4 is 0 Å². The lowest BCUT2D eigenvalue weighted by Crippen LogP contribution is -2.36. The van der Waals surface area contributed by atoms with E-state index in [-0.39, 0.29) is 5.60 Å². The highest BCUT2D eigenvalue weighted by Crippen LogP contribution is 2.40. The molecule has 2 aromatic carbocycles. The molecule has 0 aromatic heterocycles. The van der Waals surface area contributed by atoms with Crippen molar-refractivity contribution in [3.63, 3.8) is 0 Å². The average Bonchev–Trinajstić information content (AvgIpc) is 2.63. The van der Waals surface area contributed by atoms with E-state index in [1.165, 1.54) is 16.7 Å². The van der Waals surface area contributed by atoms with Crippen molar-refractivity contribution < 1.29 is 4.74 Å². The van der Waals surface area contributed by atoms with E-state index >= 15 is 0 Å². The number of hydrogen-bond donors (Lipinski definition) is 0. The fraction of sp³-hybridized carbons (Fsp3) is 0.458. The molecule has 0 bridgehead atoms. The summed E-state index contributed by atoms with van der Waals surface area (Å²) in [6.07, 6.45) is 5.35. The summed E-state index contributed by atoms with van der Waals surface area (Å²) in [6, 6.07) is 19.4. The van der Waals surface area contributed by atoms with E-state index < -0.39 is 0 Å². The van der Waals surface area contributed by atoms with Gasteiger partial charge in [0.1, 0.15) is 0 Å². The lowest BCUT2D eigenvalue weighted by atomic mass is 9.75. The molecule has 1 aliphatic heterocycles. The Morgan fingerprint density at radius 2 is 1.85 bits per heavy atom. The Hall–Kier alpha value is -1.93. The number of nitrogens with zero attached hydrogens (tertiary/aromatic N) is 1. The zero-order valence-corrected chi connectivity index (χ0v) is 16.3. The Bertz CT molecular complexity index is 703. The van der Waals surface area contributed by atoms with Gasteiger partial charge in [-0.3, -0.25) is 4.99 Å². The summed E-state index contributed by atoms with van der Waals surface area (Å²) >= 11 is 0. The topological polar surface area (TPSA) is 21.6 Å². The first kappa shape index (κ1) is 18.8. The van der Waals surface area contributed by atoms with E-state index in [2.05, 4.69) is 69.3 Å². The van der Waals surface area contributed by atoms with Crippen LogP contribution in [0.15, 0.2) is 59.6 Å². The van der Waals surface area contributed by atoms with E-state index in [0.717, 1.165) is 32.4 Å². The Morgan fingerprint density at radius 1 is 1.12 bits per heavy atom. The van der Waals surface area contributed by atoms with Gasteiger partial charge < -0.3 is 4.74 Å². The second-order valence-electron chi connectivity index (χ2n) is 8.11. The van der Waals surface area contributed by atoms with Crippen LogP contribution in [0, 0.1) is 12.8 Å². The molecule has 0 spiro atoms. The van der Waals surface area contributed by atoms with Crippen molar-refractivity contribution in [2.45, 2.75) is 51.6 Å². The van der Waals surface area contributed by atoms with Crippen molar-refractivity contribution in [2.24, 2.45) is 10.9 Å². The Balaban J connectivity index is 1.70. The lowest BCUT2D eigenvalue weighted by Gasteiger charge is -2.39. The first-order chi connectivity index (χ1) is 12.5. The Kier molecular flexibility index (Phi) is 6.26. The zero-order chi connectivity index (χ0) is 18.4. The second-order valence-corrected chi connectivity index (χ2v) is 8.11. The molecule has 0 saturated carbocycles. The van der Waals surface area contributed by atoms with Gasteiger partial charge in [-0.2, -0.15) is 0 Å². The summed E-state index contributed by atoms with van der Waals surface area (Å²) < 4.78 is 5.95. The fourth-order valence-corrected chi connectivity index (χ4v) is 4.03. The van der Waals surface area contributed by atoms with Crippen LogP contribution >= 0.6 is 0 Å². The smallest absolute Gasteiger partial charge is 0.0629 e. The highest BCUT2D eigenvalue weighted by atomic mass is 16.5. The van der Waals surface area contributed by atoms with Crippen molar-refractivity contribution in [1.82, 2.24) is 0 Å². The summed E-state index contributed by atoms with van der Waals surface area (Å²) in [5.41, 5.74) is 3.93. The van der Waals surface area contributed by atoms with Crippen LogP contribution in [-0.4, -0.2) is 25.0 Å². The summed E-state index contributed by atoms with van der Waals surface area (Å²) in [4.78, 5) is 4.70. The minimum absolute atomic E-state index is 0.0147. The van der Waals surface area contributed by atoms with Crippen LogP contribution in [0.25, 0.3) is 0 Å². The molecule has 2 aromatic rings. The number of rotatable bonds is 6. The van der Waals surface area contributed by atoms with Crippen molar-refractivity contribution in [3.8, 4) is 0 Å². The third-order valence-electron chi connectivity index (χ3n) is 5.42. The molecule has 2 nitrogen and oxygen atoms in total. The highest BCUT2D eigenvalue weighted by molar-refractivity contribution is 5.79. The second kappa shape index (κ2) is 8.64. The monoisotopic (exact) mass is 349 g/mol. The molecule has 2 heteroatoms. The molecule has 3 rings (SSSR count). The minimum Gasteiger partial charge on any atom is -0.376 e. The first-order valence-electron chi connectivity index (χ1n) is 9.79. The SMILES string of the molecule is Cc1ccc([C@@H](CCN=Cc2ccccc2)[C@@H]2CCOC(C)(C)C2)cc1. The third-order valence-corrected chi connectivity index (χ3v) is 5.42. The van der Waals surface area contributed by atoms with Gasteiger partial charge in [-0.05, 0) is 63.0 Å². The van der Waals surface area contributed by atoms with Gasteiger partial charge in [0.05, 0.1) is 5.60 Å². The van der Waals surface area contributed by atoms with Crippen molar-refractivity contribution in [1.29, 1.82) is 0 Å². The third kappa shape index (κ3) is 5.28. The van der Waals surface area contributed by atoms with Gasteiger partial charge in [-0.1, -0.05) is 60.2 Å². The van der Waals surface area contributed by atoms with E-state index in [1.807, 2.05) is 12.3 Å². The largest absolute Gasteiger partial charge is 0.376 e. The summed E-state index contributed by atoms with van der Waals surface area (Å²) in [7, 11) is 0. The minimum atomic E-state index is -0.0147. The molecule has 26 heavy (non-hydrogen) atoms. The van der Waals surface area contributed by atoms with Gasteiger partial charge >= 0.3 is 0 Å². The van der Waals surface area contributed by atoms with Crippen molar-refractivity contribution >= 4 is 6.21 Å². The predicted molar refractivity (Wildman–Crippen MR) is 110 cm³/mol.